The van der Waals surface area contributed by atoms with Crippen LogP contribution >= 0.6 is 0 Å². The van der Waals surface area contributed by atoms with E-state index in [0.29, 0.717) is 11.4 Å². The smallest absolute Gasteiger partial charge is 0.255 e. The number of methoxy groups -OCH3 is 1. The van der Waals surface area contributed by atoms with Gasteiger partial charge in [-0.1, -0.05) is 36.4 Å². The van der Waals surface area contributed by atoms with Crippen molar-refractivity contribution in [3.8, 4) is 5.75 Å². The second-order valence-electron chi connectivity index (χ2n) is 5.42. The van der Waals surface area contributed by atoms with Gasteiger partial charge in [-0.25, -0.2) is 4.39 Å². The number of hydrogen-bond acceptors (Lipinski definition) is 3. The van der Waals surface area contributed by atoms with Crippen LogP contribution in [0.25, 0.3) is 0 Å². The van der Waals surface area contributed by atoms with E-state index in [1.165, 1.54) is 19.2 Å². The van der Waals surface area contributed by atoms with Crippen molar-refractivity contribution in [1.29, 1.82) is 0 Å². The zero-order valence-corrected chi connectivity index (χ0v) is 13.6. The Balaban J connectivity index is 1.96. The lowest BCUT2D eigenvalue weighted by Gasteiger charge is -2.19. The topological polar surface area (TPSA) is 51.2 Å². The summed E-state index contributed by atoms with van der Waals surface area (Å²) < 4.78 is 18.8. The zero-order valence-electron chi connectivity index (χ0n) is 13.6. The highest BCUT2D eigenvalue weighted by Crippen LogP contribution is 2.24. The van der Waals surface area contributed by atoms with Crippen LogP contribution in [-0.4, -0.2) is 18.0 Å². The minimum Gasteiger partial charge on any atom is -0.496 e. The Morgan fingerprint density at radius 1 is 1.08 bits per heavy atom. The summed E-state index contributed by atoms with van der Waals surface area (Å²) in [6.07, 6.45) is 1.67. The number of amides is 1. The zero-order chi connectivity index (χ0) is 17.6. The molecule has 1 amide bonds. The number of ether oxygens (including phenoxy) is 1. The predicted octanol–water partition coefficient (Wildman–Crippen LogP) is 3.75. The summed E-state index contributed by atoms with van der Waals surface area (Å²) in [7, 11) is 1.44. The van der Waals surface area contributed by atoms with Crippen LogP contribution in [0.2, 0.25) is 0 Å². The van der Waals surface area contributed by atoms with Gasteiger partial charge < -0.3 is 10.1 Å². The van der Waals surface area contributed by atoms with Crippen LogP contribution in [0.3, 0.4) is 0 Å². The maximum atomic E-state index is 13.6. The lowest BCUT2D eigenvalue weighted by molar-refractivity contribution is 0.0938. The lowest BCUT2D eigenvalue weighted by atomic mass is 10.0. The highest BCUT2D eigenvalue weighted by atomic mass is 19.1. The molecule has 0 saturated heterocycles. The van der Waals surface area contributed by atoms with Crippen molar-refractivity contribution < 1.29 is 13.9 Å². The summed E-state index contributed by atoms with van der Waals surface area (Å²) >= 11 is 0. The molecule has 1 heterocycles. The molecule has 1 atom stereocenters. The van der Waals surface area contributed by atoms with Gasteiger partial charge in [0.2, 0.25) is 0 Å². The van der Waals surface area contributed by atoms with Gasteiger partial charge in [0.15, 0.2) is 0 Å². The third-order valence-electron chi connectivity index (χ3n) is 3.80. The fraction of sp³-hybridized carbons (Fsp3) is 0.100. The van der Waals surface area contributed by atoms with Crippen LogP contribution in [0.5, 0.6) is 5.75 Å². The fourth-order valence-electron chi connectivity index (χ4n) is 2.59. The largest absolute Gasteiger partial charge is 0.496 e. The predicted molar refractivity (Wildman–Crippen MR) is 92.9 cm³/mol. The molecule has 25 heavy (non-hydrogen) atoms. The number of halogens is 1. The molecule has 0 bridgehead atoms. The normalized spacial score (nSPS) is 11.6. The first kappa shape index (κ1) is 16.6. The molecule has 5 heteroatoms. The van der Waals surface area contributed by atoms with Gasteiger partial charge in [0, 0.05) is 6.20 Å². The monoisotopic (exact) mass is 336 g/mol. The fourth-order valence-corrected chi connectivity index (χ4v) is 2.59. The Hall–Kier alpha value is -3.21. The molecule has 0 spiro atoms. The van der Waals surface area contributed by atoms with Gasteiger partial charge in [-0.2, -0.15) is 0 Å². The molecule has 1 N–H and O–H groups in total. The van der Waals surface area contributed by atoms with Gasteiger partial charge in [-0.3, -0.25) is 9.78 Å². The Bertz CT molecular complexity index is 815. The molecule has 126 valence electrons. The Morgan fingerprint density at radius 2 is 1.84 bits per heavy atom. The Kier molecular flexibility index (Phi) is 5.04. The van der Waals surface area contributed by atoms with Gasteiger partial charge in [0.1, 0.15) is 11.6 Å². The first-order valence-electron chi connectivity index (χ1n) is 7.79. The van der Waals surface area contributed by atoms with E-state index in [0.717, 1.165) is 11.6 Å². The summed E-state index contributed by atoms with van der Waals surface area (Å²) in [6, 6.07) is 18.4. The van der Waals surface area contributed by atoms with Crippen LogP contribution in [0.15, 0.2) is 72.9 Å². The second kappa shape index (κ2) is 7.57. The summed E-state index contributed by atoms with van der Waals surface area (Å²) in [6.45, 7) is 0. The standard InChI is InChI=1S/C20H17FN2O2/c1-25-18-11-10-15(21)13-16(18)20(24)23-19(14-7-3-2-4-8-14)17-9-5-6-12-22-17/h2-13,19H,1H3,(H,23,24). The molecule has 3 aromatic rings. The van der Waals surface area contributed by atoms with E-state index < -0.39 is 17.8 Å². The average molecular weight is 336 g/mol. The Morgan fingerprint density at radius 3 is 2.52 bits per heavy atom. The highest BCUT2D eigenvalue weighted by molar-refractivity contribution is 5.97. The van der Waals surface area contributed by atoms with Crippen LogP contribution in [0.1, 0.15) is 27.7 Å². The Labute approximate surface area is 145 Å². The molecule has 0 fully saturated rings. The highest BCUT2D eigenvalue weighted by Gasteiger charge is 2.21. The van der Waals surface area contributed by atoms with Gasteiger partial charge in [0.25, 0.3) is 5.91 Å². The quantitative estimate of drug-likeness (QED) is 0.772. The summed E-state index contributed by atoms with van der Waals surface area (Å²) in [5.41, 5.74) is 1.71. The van der Waals surface area contributed by atoms with Gasteiger partial charge in [-0.15, -0.1) is 0 Å². The number of nitrogens with one attached hydrogen (secondary N) is 1. The number of aromatic nitrogens is 1. The van der Waals surface area contributed by atoms with E-state index >= 15 is 0 Å². The first-order chi connectivity index (χ1) is 12.2. The molecule has 1 aromatic heterocycles. The number of carbonyl (C=O) groups is 1. The van der Waals surface area contributed by atoms with Gasteiger partial charge in [-0.05, 0) is 35.9 Å². The first-order valence-corrected chi connectivity index (χ1v) is 7.79. The van der Waals surface area contributed by atoms with E-state index in [1.807, 2.05) is 48.5 Å². The molecular weight excluding hydrogens is 319 g/mol. The van der Waals surface area contributed by atoms with Crippen molar-refractivity contribution in [2.45, 2.75) is 6.04 Å². The maximum Gasteiger partial charge on any atom is 0.255 e. The average Bonchev–Trinajstić information content (AvgIpc) is 2.67. The van der Waals surface area contributed by atoms with E-state index in [4.69, 9.17) is 4.74 Å². The van der Waals surface area contributed by atoms with E-state index in [2.05, 4.69) is 10.3 Å². The molecule has 0 aliphatic heterocycles. The van der Waals surface area contributed by atoms with Crippen LogP contribution in [0, 0.1) is 5.82 Å². The maximum absolute atomic E-state index is 13.6. The van der Waals surface area contributed by atoms with Crippen molar-refractivity contribution in [3.05, 3.63) is 95.6 Å². The second-order valence-corrected chi connectivity index (χ2v) is 5.42. The summed E-state index contributed by atoms with van der Waals surface area (Å²) in [5.74, 6) is -0.623. The molecular formula is C20H17FN2O2. The van der Waals surface area contributed by atoms with E-state index in [9.17, 15) is 9.18 Å². The molecule has 0 aliphatic carbocycles. The number of pyridine rings is 1. The number of benzene rings is 2. The van der Waals surface area contributed by atoms with Crippen LogP contribution in [-0.2, 0) is 0 Å². The molecule has 3 rings (SSSR count). The summed E-state index contributed by atoms with van der Waals surface area (Å²) in [4.78, 5) is 17.1. The molecule has 0 saturated carbocycles. The number of hydrogen-bond donors (Lipinski definition) is 1. The molecule has 2 aromatic carbocycles. The molecule has 0 radical (unpaired) electrons. The van der Waals surface area contributed by atoms with Crippen LogP contribution in [0.4, 0.5) is 4.39 Å². The van der Waals surface area contributed by atoms with Crippen molar-refractivity contribution in [1.82, 2.24) is 10.3 Å². The molecule has 1 unspecified atom stereocenters. The lowest BCUT2D eigenvalue weighted by Crippen LogP contribution is -2.30. The third kappa shape index (κ3) is 3.83. The molecule has 0 aliphatic rings. The van der Waals surface area contributed by atoms with Crippen molar-refractivity contribution in [3.63, 3.8) is 0 Å². The minimum atomic E-state index is -0.500. The number of nitrogens with zero attached hydrogens (tertiary/aromatic N) is 1. The number of rotatable bonds is 5. The van der Waals surface area contributed by atoms with E-state index in [-0.39, 0.29) is 5.56 Å². The third-order valence-corrected chi connectivity index (χ3v) is 3.80. The van der Waals surface area contributed by atoms with E-state index in [1.54, 1.807) is 6.20 Å². The SMILES string of the molecule is COc1ccc(F)cc1C(=O)NC(c1ccccc1)c1ccccn1. The van der Waals surface area contributed by atoms with Gasteiger partial charge in [0.05, 0.1) is 24.4 Å². The summed E-state index contributed by atoms with van der Waals surface area (Å²) in [5, 5.41) is 2.92. The number of carbonyl (C=O) groups excluding carboxylic acids is 1. The van der Waals surface area contributed by atoms with Crippen molar-refractivity contribution in [2.24, 2.45) is 0 Å². The van der Waals surface area contributed by atoms with Crippen LogP contribution < -0.4 is 10.1 Å². The van der Waals surface area contributed by atoms with Crippen molar-refractivity contribution >= 4 is 5.91 Å². The van der Waals surface area contributed by atoms with Crippen molar-refractivity contribution in [2.75, 3.05) is 7.11 Å². The minimum absolute atomic E-state index is 0.138. The molecule has 4 nitrogen and oxygen atoms in total. The van der Waals surface area contributed by atoms with Gasteiger partial charge >= 0.3 is 0 Å².